The lowest BCUT2D eigenvalue weighted by molar-refractivity contribution is -0.137. The molecule has 1 aliphatic heterocycles. The highest BCUT2D eigenvalue weighted by Crippen LogP contribution is 2.18. The number of nitrogens with one attached hydrogen (secondary N) is 1. The Bertz CT molecular complexity index is 500. The number of likely N-dealkylation sites (tertiary alicyclic amines) is 1. The maximum atomic E-state index is 11.8. The van der Waals surface area contributed by atoms with Crippen molar-refractivity contribution >= 4 is 11.9 Å². The van der Waals surface area contributed by atoms with Crippen molar-refractivity contribution in [3.05, 3.63) is 18.0 Å². The maximum absolute atomic E-state index is 11.8. The molecule has 0 saturated carbocycles. The highest BCUT2D eigenvalue weighted by molar-refractivity contribution is 5.79. The summed E-state index contributed by atoms with van der Waals surface area (Å²) in [4.78, 5) is 24.5. The fourth-order valence-electron chi connectivity index (χ4n) is 2.59. The van der Waals surface area contributed by atoms with Crippen LogP contribution in [0.4, 0.5) is 0 Å². The first-order chi connectivity index (χ1) is 10.1. The van der Waals surface area contributed by atoms with Gasteiger partial charge in [0.1, 0.15) is 0 Å². The van der Waals surface area contributed by atoms with Crippen molar-refractivity contribution in [1.82, 2.24) is 20.0 Å². The highest BCUT2D eigenvalue weighted by atomic mass is 16.4. The number of carbonyl (C=O) groups is 2. The van der Waals surface area contributed by atoms with Gasteiger partial charge in [0.05, 0.1) is 25.1 Å². The lowest BCUT2D eigenvalue weighted by Crippen LogP contribution is -2.32. The Morgan fingerprint density at radius 1 is 1.52 bits per heavy atom. The van der Waals surface area contributed by atoms with Gasteiger partial charge >= 0.3 is 5.97 Å². The molecule has 1 fully saturated rings. The number of aryl methyl sites for hydroxylation is 1. The summed E-state index contributed by atoms with van der Waals surface area (Å²) < 4.78 is 1.65. The van der Waals surface area contributed by atoms with E-state index in [1.807, 2.05) is 13.1 Å². The Balaban J connectivity index is 1.80. The van der Waals surface area contributed by atoms with E-state index < -0.39 is 5.97 Å². The maximum Gasteiger partial charge on any atom is 0.305 e. The Labute approximate surface area is 123 Å². The smallest absolute Gasteiger partial charge is 0.305 e. The topological polar surface area (TPSA) is 87.5 Å². The van der Waals surface area contributed by atoms with Gasteiger partial charge in [-0.1, -0.05) is 0 Å². The normalized spacial score (nSPS) is 18.8. The third-order valence-corrected chi connectivity index (χ3v) is 3.64. The lowest BCUT2D eigenvalue weighted by Gasteiger charge is -2.14. The van der Waals surface area contributed by atoms with Crippen LogP contribution >= 0.6 is 0 Å². The molecule has 7 nitrogen and oxygen atoms in total. The molecule has 0 radical (unpaired) electrons. The molecule has 0 unspecified atom stereocenters. The van der Waals surface area contributed by atoms with Crippen LogP contribution in [0.1, 0.15) is 25.3 Å². The van der Waals surface area contributed by atoms with Crippen molar-refractivity contribution < 1.29 is 14.7 Å². The summed E-state index contributed by atoms with van der Waals surface area (Å²) >= 11 is 0. The summed E-state index contributed by atoms with van der Waals surface area (Å²) in [7, 11) is 0. The molecule has 0 aromatic carbocycles. The Morgan fingerprint density at radius 2 is 2.33 bits per heavy atom. The van der Waals surface area contributed by atoms with Crippen LogP contribution in [0.5, 0.6) is 0 Å². The van der Waals surface area contributed by atoms with Gasteiger partial charge in [0, 0.05) is 31.4 Å². The van der Waals surface area contributed by atoms with E-state index in [0.29, 0.717) is 13.1 Å². The first-order valence-electron chi connectivity index (χ1n) is 7.31. The molecule has 21 heavy (non-hydrogen) atoms. The minimum Gasteiger partial charge on any atom is -0.481 e. The van der Waals surface area contributed by atoms with Crippen LogP contribution in [0, 0.1) is 5.92 Å². The SMILES string of the molecule is CCNC(=O)[C@@H]1CCN(Cc2cnn(CCC(=O)O)c2)C1. The molecular weight excluding hydrogens is 272 g/mol. The van der Waals surface area contributed by atoms with Gasteiger partial charge in [0.15, 0.2) is 0 Å². The van der Waals surface area contributed by atoms with Gasteiger partial charge < -0.3 is 10.4 Å². The largest absolute Gasteiger partial charge is 0.481 e. The fraction of sp³-hybridized carbons (Fsp3) is 0.643. The van der Waals surface area contributed by atoms with E-state index in [0.717, 1.165) is 31.6 Å². The van der Waals surface area contributed by atoms with Crippen molar-refractivity contribution in [2.75, 3.05) is 19.6 Å². The summed E-state index contributed by atoms with van der Waals surface area (Å²) in [6.07, 6.45) is 4.60. The van der Waals surface area contributed by atoms with Gasteiger partial charge in [-0.05, 0) is 19.9 Å². The fourth-order valence-corrected chi connectivity index (χ4v) is 2.59. The molecule has 2 rings (SSSR count). The van der Waals surface area contributed by atoms with Gasteiger partial charge in [0.25, 0.3) is 0 Å². The number of carboxylic acid groups (broad SMARTS) is 1. The molecule has 0 spiro atoms. The number of hydrogen-bond donors (Lipinski definition) is 2. The van der Waals surface area contributed by atoms with E-state index in [9.17, 15) is 9.59 Å². The first-order valence-corrected chi connectivity index (χ1v) is 7.31. The molecule has 1 atom stereocenters. The van der Waals surface area contributed by atoms with E-state index in [2.05, 4.69) is 15.3 Å². The van der Waals surface area contributed by atoms with Crippen LogP contribution in [-0.4, -0.2) is 51.3 Å². The van der Waals surface area contributed by atoms with Crippen molar-refractivity contribution in [3.8, 4) is 0 Å². The average molecular weight is 294 g/mol. The van der Waals surface area contributed by atoms with Gasteiger partial charge in [-0.3, -0.25) is 19.2 Å². The third kappa shape index (κ3) is 4.56. The standard InChI is InChI=1S/C14H22N4O3/c1-2-15-14(21)12-3-5-17(10-12)8-11-7-16-18(9-11)6-4-13(19)20/h7,9,12H,2-6,8,10H2,1H3,(H,15,21)(H,19,20)/t12-/m1/s1. The number of hydrogen-bond acceptors (Lipinski definition) is 4. The number of aromatic nitrogens is 2. The predicted octanol–water partition coefficient (Wildman–Crippen LogP) is 0.316. The molecular formula is C14H22N4O3. The Hall–Kier alpha value is -1.89. The van der Waals surface area contributed by atoms with Crippen LogP contribution in [-0.2, 0) is 22.7 Å². The molecule has 1 aromatic rings. The molecule has 7 heteroatoms. The summed E-state index contributed by atoms with van der Waals surface area (Å²) in [5.74, 6) is -0.611. The predicted molar refractivity (Wildman–Crippen MR) is 76.5 cm³/mol. The highest BCUT2D eigenvalue weighted by Gasteiger charge is 2.27. The van der Waals surface area contributed by atoms with E-state index in [-0.39, 0.29) is 18.2 Å². The number of carbonyl (C=O) groups excluding carboxylic acids is 1. The monoisotopic (exact) mass is 294 g/mol. The van der Waals surface area contributed by atoms with E-state index in [1.165, 1.54) is 0 Å². The number of rotatable bonds is 7. The zero-order valence-corrected chi connectivity index (χ0v) is 12.3. The first kappa shape index (κ1) is 15.5. The molecule has 2 N–H and O–H groups in total. The van der Waals surface area contributed by atoms with Crippen LogP contribution in [0.2, 0.25) is 0 Å². The van der Waals surface area contributed by atoms with Crippen molar-refractivity contribution in [3.63, 3.8) is 0 Å². The summed E-state index contributed by atoms with van der Waals surface area (Å²) in [6.45, 7) is 5.41. The lowest BCUT2D eigenvalue weighted by atomic mass is 10.1. The number of aliphatic carboxylic acids is 1. The summed E-state index contributed by atoms with van der Waals surface area (Å²) in [5.41, 5.74) is 1.05. The second kappa shape index (κ2) is 7.21. The summed E-state index contributed by atoms with van der Waals surface area (Å²) in [6, 6.07) is 0. The number of nitrogens with zero attached hydrogens (tertiary/aromatic N) is 3. The minimum atomic E-state index is -0.823. The van der Waals surface area contributed by atoms with Gasteiger partial charge in [-0.2, -0.15) is 5.10 Å². The van der Waals surface area contributed by atoms with Crippen LogP contribution in [0.15, 0.2) is 12.4 Å². The van der Waals surface area contributed by atoms with E-state index >= 15 is 0 Å². The molecule has 116 valence electrons. The third-order valence-electron chi connectivity index (χ3n) is 3.64. The van der Waals surface area contributed by atoms with Crippen LogP contribution < -0.4 is 5.32 Å². The molecule has 0 aliphatic carbocycles. The second-order valence-electron chi connectivity index (χ2n) is 5.37. The number of carboxylic acids is 1. The molecule has 1 aliphatic rings. The van der Waals surface area contributed by atoms with Gasteiger partial charge in [-0.15, -0.1) is 0 Å². The van der Waals surface area contributed by atoms with Crippen molar-refractivity contribution in [2.45, 2.75) is 32.9 Å². The van der Waals surface area contributed by atoms with Gasteiger partial charge in [0.2, 0.25) is 5.91 Å². The zero-order valence-electron chi connectivity index (χ0n) is 12.3. The second-order valence-corrected chi connectivity index (χ2v) is 5.37. The molecule has 1 saturated heterocycles. The minimum absolute atomic E-state index is 0.0735. The molecule has 1 amide bonds. The number of amides is 1. The van der Waals surface area contributed by atoms with Crippen molar-refractivity contribution in [2.24, 2.45) is 5.92 Å². The average Bonchev–Trinajstić information content (AvgIpc) is 3.07. The molecule has 2 heterocycles. The molecule has 0 bridgehead atoms. The summed E-state index contributed by atoms with van der Waals surface area (Å²) in [5, 5.41) is 15.7. The Morgan fingerprint density at radius 3 is 3.05 bits per heavy atom. The van der Waals surface area contributed by atoms with E-state index in [1.54, 1.807) is 10.9 Å². The quantitative estimate of drug-likeness (QED) is 0.756. The van der Waals surface area contributed by atoms with Crippen molar-refractivity contribution in [1.29, 1.82) is 0 Å². The zero-order chi connectivity index (χ0) is 15.2. The van der Waals surface area contributed by atoms with Crippen LogP contribution in [0.3, 0.4) is 0 Å². The molecule has 1 aromatic heterocycles. The van der Waals surface area contributed by atoms with Gasteiger partial charge in [-0.25, -0.2) is 0 Å². The Kier molecular flexibility index (Phi) is 5.32. The van der Waals surface area contributed by atoms with Crippen LogP contribution in [0.25, 0.3) is 0 Å². The van der Waals surface area contributed by atoms with E-state index in [4.69, 9.17) is 5.11 Å².